The molecule has 1 heteroatoms. The van der Waals surface area contributed by atoms with Crippen LogP contribution in [0.5, 0.6) is 0 Å². The second-order valence-electron chi connectivity index (χ2n) is 13.7. The zero-order valence-electron chi connectivity index (χ0n) is 28.3. The maximum Gasteiger partial charge on any atom is 0.0546 e. The Hall–Kier alpha value is -6.18. The summed E-state index contributed by atoms with van der Waals surface area (Å²) >= 11 is 0. The molecule has 50 heavy (non-hydrogen) atoms. The number of benzene rings is 8. The minimum absolute atomic E-state index is 0.0729. The lowest BCUT2D eigenvalue weighted by Gasteiger charge is -2.30. The van der Waals surface area contributed by atoms with E-state index in [0.717, 1.165) is 17.1 Å². The van der Waals surface area contributed by atoms with E-state index in [2.05, 4.69) is 207 Å². The standard InChI is InChI=1S/C49H37N/c1-49(2)44-24-11-9-22-42(44)43-32-29-38(33-45(43)49)41-23-13-19-37-20-14-26-47(48(37)41)50(39-30-27-35(28-31-39)34-15-5-3-6-16-34)46-25-12-10-21-40(46)36-17-7-4-8-18-36/h3-33H,1-2H3. The van der Waals surface area contributed by atoms with Crippen LogP contribution in [0.1, 0.15) is 25.0 Å². The van der Waals surface area contributed by atoms with Gasteiger partial charge in [0.05, 0.1) is 11.4 Å². The third kappa shape index (κ3) is 4.94. The van der Waals surface area contributed by atoms with Crippen LogP contribution in [0.3, 0.4) is 0 Å². The summed E-state index contributed by atoms with van der Waals surface area (Å²) in [5.41, 5.74) is 16.0. The number of hydrogen-bond acceptors (Lipinski definition) is 1. The van der Waals surface area contributed by atoms with Crippen molar-refractivity contribution in [2.24, 2.45) is 0 Å². The van der Waals surface area contributed by atoms with Crippen LogP contribution in [0.15, 0.2) is 188 Å². The van der Waals surface area contributed by atoms with Crippen molar-refractivity contribution in [1.29, 1.82) is 0 Å². The summed E-state index contributed by atoms with van der Waals surface area (Å²) in [4.78, 5) is 2.45. The van der Waals surface area contributed by atoms with Gasteiger partial charge in [-0.15, -0.1) is 0 Å². The topological polar surface area (TPSA) is 3.24 Å². The van der Waals surface area contributed by atoms with Crippen molar-refractivity contribution in [1.82, 2.24) is 0 Å². The molecule has 1 nitrogen and oxygen atoms in total. The summed E-state index contributed by atoms with van der Waals surface area (Å²) in [7, 11) is 0. The number of fused-ring (bicyclic) bond motifs is 4. The highest BCUT2D eigenvalue weighted by Crippen LogP contribution is 2.51. The highest BCUT2D eigenvalue weighted by atomic mass is 15.1. The lowest BCUT2D eigenvalue weighted by Crippen LogP contribution is -2.15. The second-order valence-corrected chi connectivity index (χ2v) is 13.7. The SMILES string of the molecule is CC1(C)c2ccccc2-c2ccc(-c3cccc4cccc(N(c5ccc(-c6ccccc6)cc5)c5ccccc5-c5ccccc5)c34)cc21. The molecular weight excluding hydrogens is 603 g/mol. The van der Waals surface area contributed by atoms with Gasteiger partial charge in [0, 0.05) is 22.1 Å². The van der Waals surface area contributed by atoms with Crippen LogP contribution < -0.4 is 4.90 Å². The molecule has 0 fully saturated rings. The van der Waals surface area contributed by atoms with Crippen LogP contribution in [0.4, 0.5) is 17.1 Å². The summed E-state index contributed by atoms with van der Waals surface area (Å²) in [6, 6.07) is 68.6. The number of rotatable bonds is 6. The Balaban J connectivity index is 1.27. The Labute approximate surface area is 294 Å². The smallest absolute Gasteiger partial charge is 0.0546 e. The minimum Gasteiger partial charge on any atom is -0.309 e. The molecule has 0 spiro atoms. The molecule has 8 aromatic carbocycles. The van der Waals surface area contributed by atoms with Gasteiger partial charge in [-0.05, 0) is 85.8 Å². The van der Waals surface area contributed by atoms with E-state index in [0.29, 0.717) is 0 Å². The number of hydrogen-bond donors (Lipinski definition) is 0. The zero-order valence-corrected chi connectivity index (χ0v) is 28.3. The van der Waals surface area contributed by atoms with Gasteiger partial charge < -0.3 is 4.90 Å². The van der Waals surface area contributed by atoms with Crippen molar-refractivity contribution >= 4 is 27.8 Å². The number of anilines is 3. The third-order valence-electron chi connectivity index (χ3n) is 10.5. The molecule has 0 aromatic heterocycles. The number of para-hydroxylation sites is 1. The molecule has 0 radical (unpaired) electrons. The van der Waals surface area contributed by atoms with Crippen molar-refractivity contribution in [2.75, 3.05) is 4.90 Å². The first-order chi connectivity index (χ1) is 24.6. The summed E-state index contributed by atoms with van der Waals surface area (Å²) in [6.07, 6.45) is 0. The summed E-state index contributed by atoms with van der Waals surface area (Å²) in [6.45, 7) is 4.72. The van der Waals surface area contributed by atoms with Gasteiger partial charge in [0.25, 0.3) is 0 Å². The first-order valence-corrected chi connectivity index (χ1v) is 17.4. The van der Waals surface area contributed by atoms with E-state index in [1.165, 1.54) is 66.4 Å². The van der Waals surface area contributed by atoms with Crippen molar-refractivity contribution in [3.63, 3.8) is 0 Å². The summed E-state index contributed by atoms with van der Waals surface area (Å²) in [5, 5.41) is 2.45. The predicted molar refractivity (Wildman–Crippen MR) is 213 cm³/mol. The average Bonchev–Trinajstić information content (AvgIpc) is 3.41. The second kappa shape index (κ2) is 12.1. The lowest BCUT2D eigenvalue weighted by molar-refractivity contribution is 0.660. The van der Waals surface area contributed by atoms with E-state index < -0.39 is 0 Å². The molecular formula is C49H37N. The maximum absolute atomic E-state index is 2.45. The predicted octanol–water partition coefficient (Wildman–Crippen LogP) is 13.6. The van der Waals surface area contributed by atoms with Crippen LogP contribution in [0, 0.1) is 0 Å². The van der Waals surface area contributed by atoms with Gasteiger partial charge in [0.15, 0.2) is 0 Å². The lowest BCUT2D eigenvalue weighted by atomic mass is 9.81. The molecule has 1 aliphatic carbocycles. The molecule has 0 saturated heterocycles. The normalized spacial score (nSPS) is 12.8. The monoisotopic (exact) mass is 639 g/mol. The quantitative estimate of drug-likeness (QED) is 0.175. The van der Waals surface area contributed by atoms with E-state index in [1.54, 1.807) is 0 Å². The Kier molecular flexibility index (Phi) is 7.21. The largest absolute Gasteiger partial charge is 0.309 e. The molecule has 8 aromatic rings. The fraction of sp³-hybridized carbons (Fsp3) is 0.0612. The molecule has 1 aliphatic rings. The first kappa shape index (κ1) is 29.9. The first-order valence-electron chi connectivity index (χ1n) is 17.4. The van der Waals surface area contributed by atoms with E-state index in [4.69, 9.17) is 0 Å². The van der Waals surface area contributed by atoms with Crippen molar-refractivity contribution in [3.05, 3.63) is 199 Å². The molecule has 0 saturated carbocycles. The van der Waals surface area contributed by atoms with Crippen LogP contribution in [0.2, 0.25) is 0 Å². The molecule has 238 valence electrons. The summed E-state index contributed by atoms with van der Waals surface area (Å²) < 4.78 is 0. The highest BCUT2D eigenvalue weighted by molar-refractivity contribution is 6.09. The molecule has 0 aliphatic heterocycles. The van der Waals surface area contributed by atoms with Gasteiger partial charge in [-0.25, -0.2) is 0 Å². The van der Waals surface area contributed by atoms with E-state index in [-0.39, 0.29) is 5.41 Å². The molecule has 0 amide bonds. The van der Waals surface area contributed by atoms with Crippen LogP contribution in [0.25, 0.3) is 55.3 Å². The van der Waals surface area contributed by atoms with Gasteiger partial charge in [0.2, 0.25) is 0 Å². The molecule has 9 rings (SSSR count). The Bertz CT molecular complexity index is 2490. The third-order valence-corrected chi connectivity index (χ3v) is 10.5. The van der Waals surface area contributed by atoms with Crippen molar-refractivity contribution in [2.45, 2.75) is 19.3 Å². The zero-order chi connectivity index (χ0) is 33.7. The minimum atomic E-state index is -0.0729. The molecule has 0 bridgehead atoms. The van der Waals surface area contributed by atoms with Gasteiger partial charge in [-0.2, -0.15) is 0 Å². The number of nitrogens with zero attached hydrogens (tertiary/aromatic N) is 1. The average molecular weight is 640 g/mol. The Morgan fingerprint density at radius 3 is 1.66 bits per heavy atom. The van der Waals surface area contributed by atoms with E-state index in [1.807, 2.05) is 0 Å². The van der Waals surface area contributed by atoms with E-state index in [9.17, 15) is 0 Å². The van der Waals surface area contributed by atoms with Crippen molar-refractivity contribution in [3.8, 4) is 44.5 Å². The van der Waals surface area contributed by atoms with Gasteiger partial charge in [-0.3, -0.25) is 0 Å². The Morgan fingerprint density at radius 1 is 0.360 bits per heavy atom. The van der Waals surface area contributed by atoms with E-state index >= 15 is 0 Å². The Morgan fingerprint density at radius 2 is 0.900 bits per heavy atom. The van der Waals surface area contributed by atoms with Crippen LogP contribution in [-0.2, 0) is 5.41 Å². The van der Waals surface area contributed by atoms with Gasteiger partial charge >= 0.3 is 0 Å². The van der Waals surface area contributed by atoms with Gasteiger partial charge in [-0.1, -0.05) is 172 Å². The van der Waals surface area contributed by atoms with Crippen molar-refractivity contribution < 1.29 is 0 Å². The van der Waals surface area contributed by atoms with Crippen LogP contribution in [-0.4, -0.2) is 0 Å². The molecule has 0 heterocycles. The fourth-order valence-electron chi connectivity index (χ4n) is 7.99. The highest BCUT2D eigenvalue weighted by Gasteiger charge is 2.35. The maximum atomic E-state index is 2.45. The van der Waals surface area contributed by atoms with Gasteiger partial charge in [0.1, 0.15) is 0 Å². The fourth-order valence-corrected chi connectivity index (χ4v) is 7.99. The molecule has 0 atom stereocenters. The van der Waals surface area contributed by atoms with Crippen LogP contribution >= 0.6 is 0 Å². The molecule has 0 N–H and O–H groups in total. The summed E-state index contributed by atoms with van der Waals surface area (Å²) in [5.74, 6) is 0. The molecule has 0 unspecified atom stereocenters.